The van der Waals surface area contributed by atoms with Crippen molar-refractivity contribution in [1.82, 2.24) is 10.2 Å². The lowest BCUT2D eigenvalue weighted by Crippen LogP contribution is -2.53. The lowest BCUT2D eigenvalue weighted by molar-refractivity contribution is -0.140. The van der Waals surface area contributed by atoms with Crippen molar-refractivity contribution < 1.29 is 22.7 Å². The second-order valence-electron chi connectivity index (χ2n) is 8.77. The molecule has 0 radical (unpaired) electrons. The first-order valence-electron chi connectivity index (χ1n) is 11.9. The molecule has 0 spiro atoms. The first kappa shape index (κ1) is 29.5. The van der Waals surface area contributed by atoms with Crippen molar-refractivity contribution in [2.45, 2.75) is 59.2 Å². The summed E-state index contributed by atoms with van der Waals surface area (Å²) in [6.07, 6.45) is 2.14. The summed E-state index contributed by atoms with van der Waals surface area (Å²) in [6.45, 7) is 7.04. The van der Waals surface area contributed by atoms with E-state index in [1.165, 1.54) is 4.90 Å². The van der Waals surface area contributed by atoms with Gasteiger partial charge in [0.1, 0.15) is 18.3 Å². The van der Waals surface area contributed by atoms with Gasteiger partial charge in [0, 0.05) is 17.6 Å². The molecule has 10 heteroatoms. The lowest BCUT2D eigenvalue weighted by Gasteiger charge is -2.33. The molecule has 2 unspecified atom stereocenters. The number of carbonyl (C=O) groups excluding carboxylic acids is 2. The first-order chi connectivity index (χ1) is 16.9. The Kier molecular flexibility index (Phi) is 10.6. The van der Waals surface area contributed by atoms with Crippen molar-refractivity contribution in [3.63, 3.8) is 0 Å². The van der Waals surface area contributed by atoms with E-state index in [4.69, 9.17) is 16.3 Å². The molecule has 0 fully saturated rings. The fourth-order valence-corrected chi connectivity index (χ4v) is 4.82. The van der Waals surface area contributed by atoms with Crippen molar-refractivity contribution in [1.29, 1.82) is 0 Å². The third kappa shape index (κ3) is 7.61. The zero-order chi connectivity index (χ0) is 27.0. The number of carbonyl (C=O) groups is 2. The Bertz CT molecular complexity index is 1150. The number of hydrogen-bond donors (Lipinski definition) is 1. The van der Waals surface area contributed by atoms with Crippen LogP contribution < -0.4 is 14.4 Å². The molecule has 0 aliphatic carbocycles. The highest BCUT2D eigenvalue weighted by molar-refractivity contribution is 7.92. The Morgan fingerprint density at radius 1 is 1.08 bits per heavy atom. The van der Waals surface area contributed by atoms with Crippen molar-refractivity contribution in [3.05, 3.63) is 58.6 Å². The largest absolute Gasteiger partial charge is 0.497 e. The molecule has 0 heterocycles. The van der Waals surface area contributed by atoms with Gasteiger partial charge < -0.3 is 15.0 Å². The first-order valence-corrected chi connectivity index (χ1v) is 14.1. The predicted octanol–water partition coefficient (Wildman–Crippen LogP) is 4.15. The summed E-state index contributed by atoms with van der Waals surface area (Å²) in [5.74, 6) is -0.113. The van der Waals surface area contributed by atoms with E-state index in [9.17, 15) is 18.0 Å². The van der Waals surface area contributed by atoms with Gasteiger partial charge in [0.15, 0.2) is 0 Å². The topological polar surface area (TPSA) is 96.0 Å². The van der Waals surface area contributed by atoms with Gasteiger partial charge in [-0.05, 0) is 62.1 Å². The van der Waals surface area contributed by atoms with Gasteiger partial charge in [-0.3, -0.25) is 13.9 Å². The number of anilines is 1. The van der Waals surface area contributed by atoms with E-state index >= 15 is 0 Å². The van der Waals surface area contributed by atoms with Gasteiger partial charge in [0.2, 0.25) is 21.8 Å². The fourth-order valence-electron chi connectivity index (χ4n) is 3.75. The molecule has 0 aromatic heterocycles. The van der Waals surface area contributed by atoms with Crippen molar-refractivity contribution >= 4 is 39.1 Å². The molecule has 198 valence electrons. The molecule has 0 aliphatic rings. The third-order valence-corrected chi connectivity index (χ3v) is 7.62. The number of nitrogens with zero attached hydrogens (tertiary/aromatic N) is 2. The molecule has 1 N–H and O–H groups in total. The van der Waals surface area contributed by atoms with Crippen LogP contribution in [0.2, 0.25) is 5.02 Å². The molecule has 8 nitrogen and oxygen atoms in total. The smallest absolute Gasteiger partial charge is 0.244 e. The van der Waals surface area contributed by atoms with Crippen LogP contribution in [0.4, 0.5) is 5.69 Å². The molecule has 2 atom stereocenters. The van der Waals surface area contributed by atoms with Gasteiger partial charge >= 0.3 is 0 Å². The number of amides is 2. The van der Waals surface area contributed by atoms with Crippen molar-refractivity contribution in [3.8, 4) is 5.75 Å². The number of hydrogen-bond acceptors (Lipinski definition) is 5. The number of benzene rings is 2. The average molecular weight is 538 g/mol. The van der Waals surface area contributed by atoms with Gasteiger partial charge in [-0.1, -0.05) is 43.6 Å². The Morgan fingerprint density at radius 3 is 2.25 bits per heavy atom. The molecule has 2 aromatic carbocycles. The minimum absolute atomic E-state index is 0.0638. The third-order valence-electron chi connectivity index (χ3n) is 6.09. The number of nitrogens with one attached hydrogen (secondary N) is 1. The Morgan fingerprint density at radius 2 is 1.72 bits per heavy atom. The highest BCUT2D eigenvalue weighted by Gasteiger charge is 2.32. The van der Waals surface area contributed by atoms with Gasteiger partial charge in [-0.15, -0.1) is 0 Å². The van der Waals surface area contributed by atoms with Crippen LogP contribution in [0.25, 0.3) is 0 Å². The highest BCUT2D eigenvalue weighted by Crippen LogP contribution is 2.28. The Hall–Kier alpha value is -2.78. The number of ether oxygens (including phenoxy) is 1. The molecule has 2 amide bonds. The average Bonchev–Trinajstić information content (AvgIpc) is 2.83. The fraction of sp³-hybridized carbons (Fsp3) is 0.462. The normalized spacial score (nSPS) is 13.0. The van der Waals surface area contributed by atoms with Gasteiger partial charge in [-0.2, -0.15) is 0 Å². The maximum atomic E-state index is 13.7. The zero-order valence-corrected chi connectivity index (χ0v) is 23.3. The summed E-state index contributed by atoms with van der Waals surface area (Å²) in [5.41, 5.74) is 1.64. The zero-order valence-electron chi connectivity index (χ0n) is 21.7. The molecule has 2 aromatic rings. The second kappa shape index (κ2) is 13.0. The molecule has 0 bridgehead atoms. The lowest BCUT2D eigenvalue weighted by atomic mass is 10.1. The Labute approximate surface area is 219 Å². The minimum atomic E-state index is -3.83. The standard InChI is InChI=1S/C26H36ClN3O5S/c1-7-18(3)28-26(32)23(8-2)29(16-20-12-14-21(35-5)15-13-20)25(31)17-30(36(6,33)34)24-11-9-10-22(27)19(24)4/h9-15,18,23H,7-8,16-17H2,1-6H3,(H,28,32). The number of sulfonamides is 1. The second-order valence-corrected chi connectivity index (χ2v) is 11.1. The van der Waals surface area contributed by atoms with Crippen LogP contribution in [0.15, 0.2) is 42.5 Å². The summed E-state index contributed by atoms with van der Waals surface area (Å²) in [6, 6.07) is 11.2. The van der Waals surface area contributed by atoms with Crippen LogP contribution in [0.5, 0.6) is 5.75 Å². The maximum absolute atomic E-state index is 13.7. The van der Waals surface area contributed by atoms with Crippen LogP contribution in [0.1, 0.15) is 44.7 Å². The van der Waals surface area contributed by atoms with E-state index in [0.29, 0.717) is 28.4 Å². The van der Waals surface area contributed by atoms with Crippen LogP contribution in [-0.4, -0.2) is 57.1 Å². The van der Waals surface area contributed by atoms with Crippen LogP contribution in [-0.2, 0) is 26.2 Å². The molecule has 36 heavy (non-hydrogen) atoms. The van der Waals surface area contributed by atoms with Crippen molar-refractivity contribution in [2.24, 2.45) is 0 Å². The molecule has 0 saturated carbocycles. The highest BCUT2D eigenvalue weighted by atomic mass is 35.5. The summed E-state index contributed by atoms with van der Waals surface area (Å²) >= 11 is 6.24. The van der Waals surface area contributed by atoms with E-state index in [-0.39, 0.29) is 18.5 Å². The number of rotatable bonds is 12. The molecular weight excluding hydrogens is 502 g/mol. The number of methoxy groups -OCH3 is 1. The van der Waals surface area contributed by atoms with E-state index in [1.807, 2.05) is 32.9 Å². The van der Waals surface area contributed by atoms with Crippen LogP contribution in [0, 0.1) is 6.92 Å². The van der Waals surface area contributed by atoms with E-state index in [1.54, 1.807) is 44.4 Å². The predicted molar refractivity (Wildman–Crippen MR) is 144 cm³/mol. The molecule has 0 aliphatic heterocycles. The van der Waals surface area contributed by atoms with Crippen LogP contribution >= 0.6 is 11.6 Å². The monoisotopic (exact) mass is 537 g/mol. The van der Waals surface area contributed by atoms with Gasteiger partial charge in [-0.25, -0.2) is 8.42 Å². The summed E-state index contributed by atoms with van der Waals surface area (Å²) < 4.78 is 31.8. The Balaban J connectivity index is 2.48. The van der Waals surface area contributed by atoms with Gasteiger partial charge in [0.05, 0.1) is 19.1 Å². The molecule has 0 saturated heterocycles. The maximum Gasteiger partial charge on any atom is 0.244 e. The summed E-state index contributed by atoms with van der Waals surface area (Å²) in [5, 5.41) is 3.34. The van der Waals surface area contributed by atoms with Crippen LogP contribution in [0.3, 0.4) is 0 Å². The van der Waals surface area contributed by atoms with Gasteiger partial charge in [0.25, 0.3) is 0 Å². The number of halogens is 1. The van der Waals surface area contributed by atoms with E-state index < -0.39 is 28.5 Å². The molecule has 2 rings (SSSR count). The SMILES string of the molecule is CCC(C)NC(=O)C(CC)N(Cc1ccc(OC)cc1)C(=O)CN(c1cccc(Cl)c1C)S(C)(=O)=O. The summed E-state index contributed by atoms with van der Waals surface area (Å²) in [7, 11) is -2.27. The quantitative estimate of drug-likeness (QED) is 0.439. The van der Waals surface area contributed by atoms with Crippen molar-refractivity contribution in [2.75, 3.05) is 24.2 Å². The summed E-state index contributed by atoms with van der Waals surface area (Å²) in [4.78, 5) is 28.3. The minimum Gasteiger partial charge on any atom is -0.497 e. The van der Waals surface area contributed by atoms with E-state index in [2.05, 4.69) is 5.32 Å². The molecular formula is C26H36ClN3O5S. The van der Waals surface area contributed by atoms with E-state index in [0.717, 1.165) is 22.5 Å².